The highest BCUT2D eigenvalue weighted by Gasteiger charge is 2.23. The molecule has 0 bridgehead atoms. The third-order valence-electron chi connectivity index (χ3n) is 4.92. The van der Waals surface area contributed by atoms with Gasteiger partial charge in [0.15, 0.2) is 15.0 Å². The molecule has 0 spiro atoms. The van der Waals surface area contributed by atoms with Crippen molar-refractivity contribution < 1.29 is 13.2 Å². The Morgan fingerprint density at radius 3 is 2.68 bits per heavy atom. The predicted octanol–water partition coefficient (Wildman–Crippen LogP) is 3.86. The molecule has 0 radical (unpaired) electrons. The number of fused-ring (bicyclic) bond motifs is 1. The van der Waals surface area contributed by atoms with Gasteiger partial charge >= 0.3 is 0 Å². The van der Waals surface area contributed by atoms with Gasteiger partial charge in [0, 0.05) is 30.8 Å². The van der Waals surface area contributed by atoms with Crippen molar-refractivity contribution in [3.63, 3.8) is 0 Å². The van der Waals surface area contributed by atoms with Crippen molar-refractivity contribution in [1.82, 2.24) is 14.8 Å². The molecule has 2 aromatic carbocycles. The molecule has 0 unspecified atom stereocenters. The van der Waals surface area contributed by atoms with E-state index in [0.717, 1.165) is 27.6 Å². The predicted molar refractivity (Wildman–Crippen MR) is 123 cm³/mol. The molecule has 2 aromatic heterocycles. The van der Waals surface area contributed by atoms with Gasteiger partial charge in [-0.3, -0.25) is 14.4 Å². The van der Waals surface area contributed by atoms with Crippen LogP contribution in [0.5, 0.6) is 0 Å². The maximum Gasteiger partial charge on any atom is 0.260 e. The van der Waals surface area contributed by atoms with Gasteiger partial charge in [-0.2, -0.15) is 5.10 Å². The van der Waals surface area contributed by atoms with Crippen molar-refractivity contribution in [2.24, 2.45) is 0 Å². The Kier molecular flexibility index (Phi) is 5.63. The topological polar surface area (TPSA) is 85.2 Å². The van der Waals surface area contributed by atoms with E-state index in [-0.39, 0.29) is 10.8 Å². The number of hydrogen-bond acceptors (Lipinski definition) is 6. The summed E-state index contributed by atoms with van der Waals surface area (Å²) in [6, 6.07) is 12.1. The molecule has 0 saturated carbocycles. The molecule has 9 heteroatoms. The highest BCUT2D eigenvalue weighted by molar-refractivity contribution is 7.90. The van der Waals surface area contributed by atoms with Gasteiger partial charge in [-0.1, -0.05) is 23.5 Å². The fourth-order valence-electron chi connectivity index (χ4n) is 3.41. The number of aromatic nitrogens is 3. The van der Waals surface area contributed by atoms with E-state index in [4.69, 9.17) is 4.98 Å². The maximum atomic E-state index is 13.5. The van der Waals surface area contributed by atoms with Gasteiger partial charge < -0.3 is 0 Å². The van der Waals surface area contributed by atoms with Gasteiger partial charge in [-0.15, -0.1) is 0 Å². The van der Waals surface area contributed by atoms with Gasteiger partial charge in [0.1, 0.15) is 0 Å². The van der Waals surface area contributed by atoms with E-state index in [9.17, 15) is 13.2 Å². The van der Waals surface area contributed by atoms with E-state index in [1.54, 1.807) is 27.9 Å². The van der Waals surface area contributed by atoms with Crippen molar-refractivity contribution in [3.05, 3.63) is 71.5 Å². The molecular weight excluding hydrogens is 432 g/mol. The summed E-state index contributed by atoms with van der Waals surface area (Å²) in [4.78, 5) is 19.9. The van der Waals surface area contributed by atoms with Gasteiger partial charge in [-0.05, 0) is 55.3 Å². The molecule has 0 aliphatic heterocycles. The molecule has 160 valence electrons. The highest BCUT2D eigenvalue weighted by Crippen LogP contribution is 2.32. The van der Waals surface area contributed by atoms with Crippen LogP contribution in [0.25, 0.3) is 10.2 Å². The molecule has 2 heterocycles. The number of hydrogen-bond donors (Lipinski definition) is 0. The summed E-state index contributed by atoms with van der Waals surface area (Å²) in [5.41, 5.74) is 3.36. The summed E-state index contributed by atoms with van der Waals surface area (Å²) in [6.07, 6.45) is 4.65. The van der Waals surface area contributed by atoms with E-state index in [2.05, 4.69) is 17.2 Å². The van der Waals surface area contributed by atoms with Crippen LogP contribution in [-0.4, -0.2) is 41.9 Å². The minimum Gasteiger partial charge on any atom is -0.282 e. The number of carbonyl (C=O) groups excluding carboxylic acids is 1. The molecule has 0 atom stereocenters. The zero-order valence-corrected chi connectivity index (χ0v) is 19.1. The third kappa shape index (κ3) is 4.52. The van der Waals surface area contributed by atoms with Crippen molar-refractivity contribution in [1.29, 1.82) is 0 Å². The zero-order valence-electron chi connectivity index (χ0n) is 17.4. The second-order valence-corrected chi connectivity index (χ2v) is 10.5. The number of amides is 1. The van der Waals surface area contributed by atoms with Crippen LogP contribution in [0.3, 0.4) is 0 Å². The second kappa shape index (κ2) is 8.24. The number of carbonyl (C=O) groups is 1. The summed E-state index contributed by atoms with van der Waals surface area (Å²) in [5.74, 6) is -0.300. The highest BCUT2D eigenvalue weighted by atomic mass is 32.2. The fraction of sp³-hybridized carbons (Fsp3) is 0.227. The monoisotopic (exact) mass is 454 g/mol. The summed E-state index contributed by atoms with van der Waals surface area (Å²) in [6.45, 7) is 4.87. The van der Waals surface area contributed by atoms with E-state index in [1.807, 2.05) is 26.1 Å². The molecule has 7 nitrogen and oxygen atoms in total. The lowest BCUT2D eigenvalue weighted by Gasteiger charge is -2.20. The Bertz CT molecular complexity index is 1360. The molecule has 0 saturated heterocycles. The summed E-state index contributed by atoms with van der Waals surface area (Å²) < 4.78 is 26.7. The lowest BCUT2D eigenvalue weighted by molar-refractivity contribution is 0.0985. The minimum absolute atomic E-state index is 0.112. The van der Waals surface area contributed by atoms with Gasteiger partial charge in [0.2, 0.25) is 0 Å². The van der Waals surface area contributed by atoms with Crippen molar-refractivity contribution in [3.8, 4) is 0 Å². The number of thiazole rings is 1. The van der Waals surface area contributed by atoms with Crippen LogP contribution in [0.15, 0.2) is 59.8 Å². The van der Waals surface area contributed by atoms with Gasteiger partial charge in [0.05, 0.1) is 21.7 Å². The first-order valence-electron chi connectivity index (χ1n) is 9.69. The largest absolute Gasteiger partial charge is 0.282 e. The summed E-state index contributed by atoms with van der Waals surface area (Å²) in [5, 5.41) is 4.79. The first-order valence-corrected chi connectivity index (χ1v) is 12.4. The van der Waals surface area contributed by atoms with Crippen LogP contribution >= 0.6 is 11.3 Å². The molecule has 0 aliphatic carbocycles. The fourth-order valence-corrected chi connectivity index (χ4v) is 5.24. The zero-order chi connectivity index (χ0) is 22.2. The van der Waals surface area contributed by atoms with Crippen LogP contribution in [0.1, 0.15) is 21.5 Å². The number of sulfone groups is 1. The van der Waals surface area contributed by atoms with Crippen molar-refractivity contribution in [2.45, 2.75) is 25.3 Å². The average Bonchev–Trinajstić information content (AvgIpc) is 3.37. The van der Waals surface area contributed by atoms with Crippen LogP contribution < -0.4 is 4.90 Å². The number of nitrogens with zero attached hydrogens (tertiary/aromatic N) is 4. The van der Waals surface area contributed by atoms with Gasteiger partial charge in [0.25, 0.3) is 5.91 Å². The Balaban J connectivity index is 1.76. The van der Waals surface area contributed by atoms with Crippen LogP contribution in [0.4, 0.5) is 5.13 Å². The molecule has 31 heavy (non-hydrogen) atoms. The molecule has 0 N–H and O–H groups in total. The standard InChI is InChI=1S/C22H22N4O3S2/c1-15-12-16(2)20-19(13-15)30-22(24-20)26(11-10-25-9-5-8-23-25)21(27)17-6-4-7-18(14-17)31(3,28)29/h4-9,12-14H,10-11H2,1-3H3. The second-order valence-electron chi connectivity index (χ2n) is 7.45. The smallest absolute Gasteiger partial charge is 0.260 e. The van der Waals surface area contributed by atoms with Crippen LogP contribution in [0.2, 0.25) is 0 Å². The lowest BCUT2D eigenvalue weighted by Crippen LogP contribution is -2.34. The van der Waals surface area contributed by atoms with E-state index in [1.165, 1.54) is 23.5 Å². The Labute approximate surface area is 184 Å². The maximum absolute atomic E-state index is 13.5. The van der Waals surface area contributed by atoms with E-state index < -0.39 is 9.84 Å². The van der Waals surface area contributed by atoms with Crippen molar-refractivity contribution in [2.75, 3.05) is 17.7 Å². The molecule has 1 amide bonds. The number of aryl methyl sites for hydroxylation is 2. The Morgan fingerprint density at radius 1 is 1.16 bits per heavy atom. The third-order valence-corrected chi connectivity index (χ3v) is 7.05. The first-order chi connectivity index (χ1) is 14.7. The number of rotatable bonds is 6. The van der Waals surface area contributed by atoms with Crippen LogP contribution in [0, 0.1) is 13.8 Å². The number of benzene rings is 2. The minimum atomic E-state index is -3.43. The lowest BCUT2D eigenvalue weighted by atomic mass is 10.1. The molecule has 0 fully saturated rings. The normalized spacial score (nSPS) is 11.7. The molecule has 4 rings (SSSR count). The summed E-state index contributed by atoms with van der Waals surface area (Å²) in [7, 11) is -3.43. The first kappa shape index (κ1) is 21.2. The van der Waals surface area contributed by atoms with Crippen LogP contribution in [-0.2, 0) is 16.4 Å². The van der Waals surface area contributed by atoms with Crippen molar-refractivity contribution >= 4 is 42.4 Å². The average molecular weight is 455 g/mol. The number of anilines is 1. The summed E-state index contributed by atoms with van der Waals surface area (Å²) >= 11 is 1.45. The van der Waals surface area contributed by atoms with E-state index >= 15 is 0 Å². The molecule has 4 aromatic rings. The SMILES string of the molecule is Cc1cc(C)c2nc(N(CCn3cccn3)C(=O)c3cccc(S(C)(=O)=O)c3)sc2c1. The molecular formula is C22H22N4O3S2. The van der Waals surface area contributed by atoms with E-state index in [0.29, 0.717) is 23.8 Å². The van der Waals surface area contributed by atoms with Gasteiger partial charge in [-0.25, -0.2) is 13.4 Å². The quantitative estimate of drug-likeness (QED) is 0.442. The Hall–Kier alpha value is -3.04. The molecule has 0 aliphatic rings. The Morgan fingerprint density at radius 2 is 1.97 bits per heavy atom.